The highest BCUT2D eigenvalue weighted by atomic mass is 35.5. The number of hydrogen-bond acceptors (Lipinski definition) is 3. The number of aromatic nitrogens is 2. The van der Waals surface area contributed by atoms with Gasteiger partial charge in [0.2, 0.25) is 0 Å². The molecular weight excluding hydrogens is 326 g/mol. The first kappa shape index (κ1) is 11.1. The number of carbonyl (C=O) groups excluding carboxylic acids is 1. The average Bonchev–Trinajstić information content (AvgIpc) is 3.07. The summed E-state index contributed by atoms with van der Waals surface area (Å²) in [6.07, 6.45) is 0.370. The van der Waals surface area contributed by atoms with Gasteiger partial charge >= 0.3 is 0 Å². The van der Waals surface area contributed by atoms with Crippen molar-refractivity contribution < 1.29 is 14.0 Å². The predicted molar refractivity (Wildman–Crippen MR) is 90.4 cm³/mol. The molecule has 5 nitrogen and oxygen atoms in total. The maximum atomic E-state index is 13.1. The lowest BCUT2D eigenvalue weighted by Crippen LogP contribution is -2.30. The second kappa shape index (κ2) is 4.51. The van der Waals surface area contributed by atoms with Crippen LogP contribution in [0.1, 0.15) is 44.4 Å². The third-order valence-corrected chi connectivity index (χ3v) is 5.23. The lowest BCUT2D eigenvalue weighted by Gasteiger charge is -2.24. The fraction of sp³-hybridized carbons (Fsp3) is 0.222. The highest BCUT2D eigenvalue weighted by Crippen LogP contribution is 2.49. The first-order valence-corrected chi connectivity index (χ1v) is 7.98. The summed E-state index contributed by atoms with van der Waals surface area (Å²) in [7, 11) is 0. The lowest BCUT2D eigenvalue weighted by molar-refractivity contribution is 0.0734. The van der Waals surface area contributed by atoms with Gasteiger partial charge in [0.25, 0.3) is 5.91 Å². The Hall–Kier alpha value is -2.53. The SMILES string of the molecule is [2H]C([2H])([2H])N1C(=O)c2cccc(Cl)c2[C@H]2C[C@@H]1c1nc3ccc(O)cc3n12. The van der Waals surface area contributed by atoms with Gasteiger partial charge < -0.3 is 14.6 Å². The minimum Gasteiger partial charge on any atom is -0.508 e. The number of benzene rings is 2. The first-order valence-electron chi connectivity index (χ1n) is 9.10. The van der Waals surface area contributed by atoms with E-state index in [0.717, 1.165) is 4.90 Å². The van der Waals surface area contributed by atoms with Gasteiger partial charge in [0, 0.05) is 39.7 Å². The number of rotatable bonds is 0. The number of nitrogens with zero attached hydrogens (tertiary/aromatic N) is 3. The molecule has 2 atom stereocenters. The zero-order valence-corrected chi connectivity index (χ0v) is 13.2. The van der Waals surface area contributed by atoms with Crippen LogP contribution in [0.15, 0.2) is 36.4 Å². The smallest absolute Gasteiger partial charge is 0.254 e. The average molecular weight is 343 g/mol. The number of hydrogen-bond donors (Lipinski definition) is 1. The summed E-state index contributed by atoms with van der Waals surface area (Å²) in [5.74, 6) is 0.0180. The van der Waals surface area contributed by atoms with Crippen LogP contribution in [0.25, 0.3) is 11.0 Å². The van der Waals surface area contributed by atoms with E-state index in [4.69, 9.17) is 15.7 Å². The molecule has 1 N–H and O–H groups in total. The Morgan fingerprint density at radius 3 is 3.04 bits per heavy atom. The van der Waals surface area contributed by atoms with Crippen molar-refractivity contribution in [2.24, 2.45) is 0 Å². The number of aromatic hydroxyl groups is 1. The fourth-order valence-corrected chi connectivity index (χ4v) is 4.19. The molecule has 2 bridgehead atoms. The second-order valence-corrected chi connectivity index (χ2v) is 6.56. The van der Waals surface area contributed by atoms with Crippen molar-refractivity contribution in [1.29, 1.82) is 0 Å². The third kappa shape index (κ3) is 1.60. The summed E-state index contributed by atoms with van der Waals surface area (Å²) in [5.41, 5.74) is 2.20. The van der Waals surface area contributed by atoms with Crippen LogP contribution in [-0.2, 0) is 0 Å². The van der Waals surface area contributed by atoms with E-state index in [9.17, 15) is 9.90 Å². The molecule has 6 heteroatoms. The summed E-state index contributed by atoms with van der Waals surface area (Å²) >= 11 is 6.46. The van der Waals surface area contributed by atoms with Crippen molar-refractivity contribution in [1.82, 2.24) is 14.5 Å². The van der Waals surface area contributed by atoms with E-state index >= 15 is 0 Å². The highest BCUT2D eigenvalue weighted by molar-refractivity contribution is 6.32. The van der Waals surface area contributed by atoms with Crippen LogP contribution in [0.2, 0.25) is 5.02 Å². The topological polar surface area (TPSA) is 58.4 Å². The van der Waals surface area contributed by atoms with Crippen molar-refractivity contribution in [2.75, 3.05) is 6.98 Å². The minimum atomic E-state index is -2.62. The van der Waals surface area contributed by atoms with Gasteiger partial charge in [-0.1, -0.05) is 17.7 Å². The standard InChI is InChI=1S/C18H14ClN3O2/c1-21-15-8-14(16-10(18(21)24)3-2-4-11(16)19)22-13-7-9(23)5-6-12(13)20-17(15)22/h2-7,14-15,23H,8H2,1H3/t14-,15-/m1/s1/i1D3. The Kier molecular flexibility index (Phi) is 2.09. The van der Waals surface area contributed by atoms with E-state index in [0.29, 0.717) is 39.4 Å². The normalized spacial score (nSPS) is 24.1. The van der Waals surface area contributed by atoms with Crippen LogP contribution < -0.4 is 0 Å². The highest BCUT2D eigenvalue weighted by Gasteiger charge is 2.44. The summed E-state index contributed by atoms with van der Waals surface area (Å²) in [4.78, 5) is 18.7. The third-order valence-electron chi connectivity index (χ3n) is 4.90. The summed E-state index contributed by atoms with van der Waals surface area (Å²) in [6.45, 7) is -2.62. The monoisotopic (exact) mass is 342 g/mol. The van der Waals surface area contributed by atoms with Gasteiger partial charge in [-0.15, -0.1) is 0 Å². The van der Waals surface area contributed by atoms with E-state index in [1.165, 1.54) is 6.07 Å². The molecule has 3 aromatic rings. The zero-order valence-electron chi connectivity index (χ0n) is 15.4. The maximum Gasteiger partial charge on any atom is 0.254 e. The molecule has 0 unspecified atom stereocenters. The van der Waals surface area contributed by atoms with E-state index in [2.05, 4.69) is 4.98 Å². The molecule has 1 amide bonds. The molecule has 0 aliphatic carbocycles. The molecule has 2 aliphatic rings. The summed E-state index contributed by atoms with van der Waals surface area (Å²) in [5, 5.41) is 10.3. The van der Waals surface area contributed by atoms with Gasteiger partial charge in [0.1, 0.15) is 11.6 Å². The van der Waals surface area contributed by atoms with Crippen molar-refractivity contribution in [3.63, 3.8) is 0 Å². The van der Waals surface area contributed by atoms with E-state index in [1.807, 2.05) is 4.57 Å². The van der Waals surface area contributed by atoms with Gasteiger partial charge in [0.15, 0.2) is 0 Å². The lowest BCUT2D eigenvalue weighted by atomic mass is 9.99. The molecule has 1 aromatic heterocycles. The number of phenolic OH excluding ortho intramolecular Hbond substituents is 1. The van der Waals surface area contributed by atoms with Gasteiger partial charge in [-0.05, 0) is 24.3 Å². The number of halogens is 1. The molecule has 0 saturated heterocycles. The molecule has 0 spiro atoms. The van der Waals surface area contributed by atoms with Crippen LogP contribution in [0.3, 0.4) is 0 Å². The van der Waals surface area contributed by atoms with E-state index < -0.39 is 18.9 Å². The molecule has 0 saturated carbocycles. The Morgan fingerprint density at radius 2 is 2.21 bits per heavy atom. The fourth-order valence-electron chi connectivity index (χ4n) is 3.89. The molecule has 0 radical (unpaired) electrons. The van der Waals surface area contributed by atoms with Gasteiger partial charge in [-0.25, -0.2) is 4.98 Å². The maximum absolute atomic E-state index is 13.1. The molecular formula is C18H14ClN3O2. The second-order valence-electron chi connectivity index (χ2n) is 6.16. The molecule has 0 fully saturated rings. The molecule has 5 rings (SSSR count). The van der Waals surface area contributed by atoms with Gasteiger partial charge in [0.05, 0.1) is 23.1 Å². The van der Waals surface area contributed by atoms with Gasteiger partial charge in [-0.2, -0.15) is 0 Å². The first-order chi connectivity index (χ1) is 12.8. The molecule has 2 aliphatic heterocycles. The number of phenols is 1. The largest absolute Gasteiger partial charge is 0.508 e. The Morgan fingerprint density at radius 1 is 1.33 bits per heavy atom. The number of amides is 1. The molecule has 120 valence electrons. The van der Waals surface area contributed by atoms with E-state index in [1.54, 1.807) is 30.3 Å². The number of fused-ring (bicyclic) bond motifs is 9. The van der Waals surface area contributed by atoms with Crippen LogP contribution in [-0.4, -0.2) is 32.4 Å². The summed E-state index contributed by atoms with van der Waals surface area (Å²) < 4.78 is 25.7. The minimum absolute atomic E-state index is 0.0904. The van der Waals surface area contributed by atoms with Crippen molar-refractivity contribution in [3.05, 3.63) is 58.4 Å². The van der Waals surface area contributed by atoms with Gasteiger partial charge in [-0.3, -0.25) is 4.79 Å². The molecule has 2 aromatic carbocycles. The Bertz CT molecular complexity index is 1120. The Labute approximate surface area is 147 Å². The van der Waals surface area contributed by atoms with Crippen LogP contribution in [0.5, 0.6) is 5.75 Å². The van der Waals surface area contributed by atoms with Crippen molar-refractivity contribution in [2.45, 2.75) is 18.5 Å². The van der Waals surface area contributed by atoms with Crippen molar-refractivity contribution in [3.8, 4) is 5.75 Å². The van der Waals surface area contributed by atoms with Crippen LogP contribution in [0.4, 0.5) is 0 Å². The molecule has 24 heavy (non-hydrogen) atoms. The Balaban J connectivity index is 1.88. The van der Waals surface area contributed by atoms with E-state index in [-0.39, 0.29) is 11.8 Å². The van der Waals surface area contributed by atoms with Crippen LogP contribution >= 0.6 is 11.6 Å². The predicted octanol–water partition coefficient (Wildman–Crippen LogP) is 3.52. The molecule has 3 heterocycles. The quantitative estimate of drug-likeness (QED) is 0.680. The van der Waals surface area contributed by atoms with Crippen molar-refractivity contribution >= 4 is 28.5 Å². The number of imidazole rings is 1. The van der Waals surface area contributed by atoms with Crippen LogP contribution in [0, 0.1) is 0 Å². The number of carbonyl (C=O) groups is 1. The summed E-state index contributed by atoms with van der Waals surface area (Å²) in [6, 6.07) is 8.72. The zero-order chi connectivity index (χ0) is 19.1.